The van der Waals surface area contributed by atoms with Crippen LogP contribution in [-0.4, -0.2) is 11.9 Å². The number of hydrogen-bond donors (Lipinski definition) is 0. The second-order valence-corrected chi connectivity index (χ2v) is 6.84. The van der Waals surface area contributed by atoms with Crippen LogP contribution in [-0.2, 0) is 4.79 Å². The van der Waals surface area contributed by atoms with Crippen molar-refractivity contribution in [3.8, 4) is 0 Å². The van der Waals surface area contributed by atoms with Crippen molar-refractivity contribution in [2.24, 2.45) is 0 Å². The molecule has 3 heteroatoms. The van der Waals surface area contributed by atoms with Gasteiger partial charge in [-0.1, -0.05) is 6.08 Å². The number of halogens is 1. The molecule has 1 unspecified atom stereocenters. The summed E-state index contributed by atoms with van der Waals surface area (Å²) >= 11 is 2.22. The lowest BCUT2D eigenvalue weighted by Crippen LogP contribution is -1.89. The quantitative estimate of drug-likeness (QED) is 0.518. The summed E-state index contributed by atoms with van der Waals surface area (Å²) in [7, 11) is -1.13. The standard InChI is InChI=1S/C6H7IOS/c1-9(5-8)4-2-3-6(9)7/h2-5H,1H3. The summed E-state index contributed by atoms with van der Waals surface area (Å²) in [6.07, 6.45) is 5.93. The predicted octanol–water partition coefficient (Wildman–Crippen LogP) is 2.41. The smallest absolute Gasteiger partial charge is 0.166 e. The summed E-state index contributed by atoms with van der Waals surface area (Å²) in [5.41, 5.74) is 1.05. The van der Waals surface area contributed by atoms with Crippen molar-refractivity contribution in [1.29, 1.82) is 0 Å². The average molecular weight is 254 g/mol. The first-order valence-electron chi connectivity index (χ1n) is 2.46. The van der Waals surface area contributed by atoms with E-state index in [1.54, 1.807) is 0 Å². The SMILES string of the molecule is CS1(C=O)C=CC=C1I. The number of carbonyl (C=O) groups excluding carboxylic acids is 1. The second-order valence-electron chi connectivity index (χ2n) is 1.94. The Morgan fingerprint density at radius 3 is 2.67 bits per heavy atom. The molecule has 0 aromatic rings. The van der Waals surface area contributed by atoms with Crippen molar-refractivity contribution < 1.29 is 4.79 Å². The molecule has 0 aromatic carbocycles. The second kappa shape index (κ2) is 2.46. The van der Waals surface area contributed by atoms with Gasteiger partial charge in [-0.2, -0.15) is 0 Å². The molecule has 1 aliphatic heterocycles. The van der Waals surface area contributed by atoms with E-state index in [0.717, 1.165) is 5.62 Å². The molecule has 9 heavy (non-hydrogen) atoms. The topological polar surface area (TPSA) is 17.1 Å². The fourth-order valence-electron chi connectivity index (χ4n) is 0.568. The Morgan fingerprint density at radius 1 is 1.78 bits per heavy atom. The molecule has 0 radical (unpaired) electrons. The molecule has 0 saturated carbocycles. The minimum Gasteiger partial charge on any atom is -0.292 e. The summed E-state index contributed by atoms with van der Waals surface area (Å²) in [5.74, 6) is 0. The molecule has 0 spiro atoms. The molecular weight excluding hydrogens is 247 g/mol. The first-order valence-corrected chi connectivity index (χ1v) is 5.71. The lowest BCUT2D eigenvalue weighted by Gasteiger charge is -2.19. The molecule has 1 nitrogen and oxygen atoms in total. The Morgan fingerprint density at radius 2 is 2.44 bits per heavy atom. The summed E-state index contributed by atoms with van der Waals surface area (Å²) < 4.78 is 1.18. The Labute approximate surface area is 69.7 Å². The van der Waals surface area contributed by atoms with Crippen molar-refractivity contribution in [3.63, 3.8) is 0 Å². The summed E-state index contributed by atoms with van der Waals surface area (Å²) in [5, 5.41) is 1.99. The fraction of sp³-hybridized carbons (Fsp3) is 0.167. The molecule has 0 N–H and O–H groups in total. The third kappa shape index (κ3) is 1.21. The van der Waals surface area contributed by atoms with Gasteiger partial charge in [0.15, 0.2) is 5.62 Å². The van der Waals surface area contributed by atoms with Gasteiger partial charge in [-0.25, -0.2) is 0 Å². The van der Waals surface area contributed by atoms with Crippen LogP contribution in [0.15, 0.2) is 20.5 Å². The normalized spacial score (nSPS) is 39.6. The highest BCUT2D eigenvalue weighted by Crippen LogP contribution is 2.56. The minimum atomic E-state index is -1.13. The first-order chi connectivity index (χ1) is 4.19. The maximum atomic E-state index is 10.5. The van der Waals surface area contributed by atoms with Gasteiger partial charge in [-0.05, 0) is 40.3 Å². The van der Waals surface area contributed by atoms with Crippen molar-refractivity contribution >= 4 is 38.2 Å². The predicted molar refractivity (Wildman–Crippen MR) is 51.5 cm³/mol. The van der Waals surface area contributed by atoms with E-state index in [2.05, 4.69) is 22.6 Å². The Balaban J connectivity index is 2.95. The Kier molecular flexibility index (Phi) is 2.00. The molecule has 0 aliphatic carbocycles. The van der Waals surface area contributed by atoms with E-state index in [4.69, 9.17) is 0 Å². The maximum Gasteiger partial charge on any atom is 0.166 e. The number of hydrogen-bond acceptors (Lipinski definition) is 1. The van der Waals surface area contributed by atoms with Crippen molar-refractivity contribution in [1.82, 2.24) is 0 Å². The zero-order chi connectivity index (χ0) is 6.91. The highest BCUT2D eigenvalue weighted by atomic mass is 127. The van der Waals surface area contributed by atoms with E-state index in [1.807, 2.05) is 23.8 Å². The molecule has 0 fully saturated rings. The highest BCUT2D eigenvalue weighted by Gasteiger charge is 2.19. The van der Waals surface area contributed by atoms with Gasteiger partial charge in [0, 0.05) is 2.91 Å². The molecular formula is C6H7IOS. The van der Waals surface area contributed by atoms with E-state index < -0.39 is 10.0 Å². The average Bonchev–Trinajstić information content (AvgIpc) is 2.15. The Hall–Kier alpha value is 0.230. The zero-order valence-electron chi connectivity index (χ0n) is 5.00. The van der Waals surface area contributed by atoms with Gasteiger partial charge < -0.3 is 0 Å². The lowest BCUT2D eigenvalue weighted by molar-refractivity contribution is 0.569. The van der Waals surface area contributed by atoms with Gasteiger partial charge in [-0.15, -0.1) is 10.0 Å². The van der Waals surface area contributed by atoms with Crippen molar-refractivity contribution in [2.75, 3.05) is 6.26 Å². The molecule has 0 bridgehead atoms. The number of allylic oxidation sites excluding steroid dienone is 2. The first kappa shape index (κ1) is 7.34. The Bertz CT molecular complexity index is 197. The van der Waals surface area contributed by atoms with Gasteiger partial charge in [0.2, 0.25) is 0 Å². The molecule has 1 atom stereocenters. The van der Waals surface area contributed by atoms with Gasteiger partial charge in [-0.3, -0.25) is 4.79 Å². The van der Waals surface area contributed by atoms with E-state index in [-0.39, 0.29) is 0 Å². The van der Waals surface area contributed by atoms with Crippen molar-refractivity contribution in [2.45, 2.75) is 0 Å². The van der Waals surface area contributed by atoms with E-state index in [9.17, 15) is 4.79 Å². The van der Waals surface area contributed by atoms with Gasteiger partial charge in [0.05, 0.1) is 0 Å². The molecule has 1 aliphatic rings. The minimum absolute atomic E-state index is 1.05. The molecule has 50 valence electrons. The number of carbonyl (C=O) groups is 1. The maximum absolute atomic E-state index is 10.5. The van der Waals surface area contributed by atoms with Crippen LogP contribution in [0.5, 0.6) is 0 Å². The van der Waals surface area contributed by atoms with Crippen LogP contribution in [0.1, 0.15) is 0 Å². The summed E-state index contributed by atoms with van der Waals surface area (Å²) in [4.78, 5) is 10.5. The lowest BCUT2D eigenvalue weighted by atomic mass is 10.6. The van der Waals surface area contributed by atoms with Crippen LogP contribution in [0.2, 0.25) is 0 Å². The van der Waals surface area contributed by atoms with E-state index in [1.165, 1.54) is 2.91 Å². The van der Waals surface area contributed by atoms with Gasteiger partial charge in [0.1, 0.15) is 0 Å². The molecule has 0 saturated heterocycles. The van der Waals surface area contributed by atoms with Crippen molar-refractivity contribution in [3.05, 3.63) is 20.5 Å². The molecule has 0 amide bonds. The summed E-state index contributed by atoms with van der Waals surface area (Å²) in [6, 6.07) is 0. The van der Waals surface area contributed by atoms with Crippen LogP contribution in [0.4, 0.5) is 0 Å². The van der Waals surface area contributed by atoms with Crippen LogP contribution in [0.3, 0.4) is 0 Å². The molecule has 1 heterocycles. The van der Waals surface area contributed by atoms with Crippen LogP contribution in [0, 0.1) is 0 Å². The molecule has 0 aromatic heterocycles. The summed E-state index contributed by atoms with van der Waals surface area (Å²) in [6.45, 7) is 0. The van der Waals surface area contributed by atoms with Crippen LogP contribution < -0.4 is 0 Å². The fourth-order valence-corrected chi connectivity index (χ4v) is 2.59. The monoisotopic (exact) mass is 254 g/mol. The largest absolute Gasteiger partial charge is 0.292 e. The molecule has 1 rings (SSSR count). The highest BCUT2D eigenvalue weighted by molar-refractivity contribution is 14.1. The zero-order valence-corrected chi connectivity index (χ0v) is 7.98. The third-order valence-corrected chi connectivity index (χ3v) is 6.51. The number of rotatable bonds is 1. The third-order valence-electron chi connectivity index (χ3n) is 1.21. The van der Waals surface area contributed by atoms with Gasteiger partial charge in [0.25, 0.3) is 0 Å². The van der Waals surface area contributed by atoms with E-state index in [0.29, 0.717) is 0 Å². The van der Waals surface area contributed by atoms with Gasteiger partial charge >= 0.3 is 0 Å². The van der Waals surface area contributed by atoms with E-state index >= 15 is 0 Å². The van der Waals surface area contributed by atoms with Crippen LogP contribution >= 0.6 is 32.6 Å². The van der Waals surface area contributed by atoms with Crippen LogP contribution in [0.25, 0.3) is 0 Å².